The fraction of sp³-hybridized carbons (Fsp3) is 0.286. The Morgan fingerprint density at radius 2 is 1.74 bits per heavy atom. The Bertz CT molecular complexity index is 1160. The van der Waals surface area contributed by atoms with Crippen LogP contribution in [0.2, 0.25) is 0 Å². The van der Waals surface area contributed by atoms with E-state index >= 15 is 0 Å². The van der Waals surface area contributed by atoms with E-state index in [1.54, 1.807) is 19.2 Å². The van der Waals surface area contributed by atoms with Crippen LogP contribution in [-0.4, -0.2) is 37.0 Å². The molecule has 3 aromatic rings. The van der Waals surface area contributed by atoms with Gasteiger partial charge in [-0.15, -0.1) is 0 Å². The molecule has 0 saturated heterocycles. The van der Waals surface area contributed by atoms with E-state index in [-0.39, 0.29) is 24.0 Å². The van der Waals surface area contributed by atoms with Crippen LogP contribution in [0.5, 0.6) is 5.75 Å². The zero-order valence-corrected chi connectivity index (χ0v) is 19.8. The highest BCUT2D eigenvalue weighted by Crippen LogP contribution is 2.32. The lowest BCUT2D eigenvalue weighted by Gasteiger charge is -2.40. The summed E-state index contributed by atoms with van der Waals surface area (Å²) in [6.07, 6.45) is 0.650. The van der Waals surface area contributed by atoms with Crippen LogP contribution >= 0.6 is 0 Å². The van der Waals surface area contributed by atoms with E-state index in [9.17, 15) is 9.59 Å². The van der Waals surface area contributed by atoms with Crippen LogP contribution in [0.1, 0.15) is 45.6 Å². The molecule has 0 radical (unpaired) electrons. The van der Waals surface area contributed by atoms with Crippen molar-refractivity contribution in [3.63, 3.8) is 0 Å². The number of ether oxygens (including phenoxy) is 2. The molecule has 0 unspecified atom stereocenters. The van der Waals surface area contributed by atoms with Crippen molar-refractivity contribution in [3.05, 3.63) is 101 Å². The number of carbonyl (C=O) groups excluding carboxylic acids is 2. The Kier molecular flexibility index (Phi) is 7.28. The number of esters is 1. The van der Waals surface area contributed by atoms with Crippen molar-refractivity contribution < 1.29 is 19.1 Å². The lowest BCUT2D eigenvalue weighted by atomic mass is 9.91. The summed E-state index contributed by atoms with van der Waals surface area (Å²) in [5.74, 6) is 0.415. The molecule has 0 fully saturated rings. The Morgan fingerprint density at radius 3 is 2.44 bits per heavy atom. The monoisotopic (exact) mass is 458 g/mol. The van der Waals surface area contributed by atoms with Crippen molar-refractivity contribution in [2.45, 2.75) is 38.5 Å². The average Bonchev–Trinajstić information content (AvgIpc) is 2.90. The van der Waals surface area contributed by atoms with Crippen LogP contribution in [0.3, 0.4) is 0 Å². The van der Waals surface area contributed by atoms with Crippen LogP contribution in [0.4, 0.5) is 0 Å². The molecule has 0 bridgehead atoms. The van der Waals surface area contributed by atoms with Gasteiger partial charge in [-0.25, -0.2) is 4.79 Å². The Hall–Kier alpha value is -3.64. The first kappa shape index (κ1) is 23.5. The second-order valence-electron chi connectivity index (χ2n) is 8.52. The molecular formula is C28H30N2O4. The standard InChI is InChI=1S/C28H30N2O4/c1-19(22-9-6-10-25(15-22)33-2)30-18-24-8-5-4-7-23(24)16-26(30)27(31)29-17-20-11-13-21(14-12-20)28(32)34-3/h4-15,19,26H,16-18H2,1-3H3,(H,29,31)/t19-,26+/m1/s1. The molecule has 2 atom stereocenters. The van der Waals surface area contributed by atoms with E-state index < -0.39 is 0 Å². The highest BCUT2D eigenvalue weighted by molar-refractivity contribution is 5.89. The first-order chi connectivity index (χ1) is 16.5. The van der Waals surface area contributed by atoms with E-state index in [0.717, 1.165) is 16.9 Å². The third-order valence-corrected chi connectivity index (χ3v) is 6.50. The molecule has 1 aliphatic heterocycles. The van der Waals surface area contributed by atoms with Crippen LogP contribution in [-0.2, 0) is 29.0 Å². The molecule has 1 N–H and O–H groups in total. The van der Waals surface area contributed by atoms with Gasteiger partial charge in [0.25, 0.3) is 0 Å². The quantitative estimate of drug-likeness (QED) is 0.535. The number of fused-ring (bicyclic) bond motifs is 1. The van der Waals surface area contributed by atoms with Gasteiger partial charge in [0, 0.05) is 19.1 Å². The molecule has 1 heterocycles. The second-order valence-corrected chi connectivity index (χ2v) is 8.52. The minimum absolute atomic E-state index is 0.0127. The SMILES string of the molecule is COC(=O)c1ccc(CNC(=O)[C@@H]2Cc3ccccc3CN2[C@H](C)c2cccc(OC)c2)cc1. The van der Waals surface area contributed by atoms with Gasteiger partial charge in [0.1, 0.15) is 5.75 Å². The molecule has 176 valence electrons. The molecular weight excluding hydrogens is 428 g/mol. The number of nitrogens with zero attached hydrogens (tertiary/aromatic N) is 1. The lowest BCUT2D eigenvalue weighted by molar-refractivity contribution is -0.128. The van der Waals surface area contributed by atoms with Gasteiger partial charge >= 0.3 is 5.97 Å². The minimum atomic E-state index is -0.376. The average molecular weight is 459 g/mol. The van der Waals surface area contributed by atoms with Crippen molar-refractivity contribution in [1.29, 1.82) is 0 Å². The van der Waals surface area contributed by atoms with Crippen LogP contribution in [0, 0.1) is 0 Å². The Balaban J connectivity index is 1.53. The first-order valence-corrected chi connectivity index (χ1v) is 11.4. The van der Waals surface area contributed by atoms with E-state index in [0.29, 0.717) is 25.1 Å². The maximum absolute atomic E-state index is 13.4. The summed E-state index contributed by atoms with van der Waals surface area (Å²) in [4.78, 5) is 27.3. The number of amides is 1. The summed E-state index contributed by atoms with van der Waals surface area (Å²) in [6.45, 7) is 3.22. The Morgan fingerprint density at radius 1 is 1.00 bits per heavy atom. The third kappa shape index (κ3) is 5.13. The third-order valence-electron chi connectivity index (χ3n) is 6.50. The second kappa shape index (κ2) is 10.5. The molecule has 1 amide bonds. The van der Waals surface area contributed by atoms with Gasteiger partial charge in [0.15, 0.2) is 0 Å². The summed E-state index contributed by atoms with van der Waals surface area (Å²) in [5, 5.41) is 3.10. The molecule has 0 aromatic heterocycles. The topological polar surface area (TPSA) is 67.9 Å². The van der Waals surface area contributed by atoms with E-state index in [4.69, 9.17) is 9.47 Å². The molecule has 0 saturated carbocycles. The lowest BCUT2D eigenvalue weighted by Crippen LogP contribution is -2.50. The summed E-state index contributed by atoms with van der Waals surface area (Å²) < 4.78 is 10.2. The number of methoxy groups -OCH3 is 2. The predicted octanol–water partition coefficient (Wildman–Crippen LogP) is 4.29. The van der Waals surface area contributed by atoms with Crippen molar-refractivity contribution in [2.75, 3.05) is 14.2 Å². The summed E-state index contributed by atoms with van der Waals surface area (Å²) >= 11 is 0. The summed E-state index contributed by atoms with van der Waals surface area (Å²) in [6, 6.07) is 23.1. The van der Waals surface area contributed by atoms with Crippen LogP contribution in [0.25, 0.3) is 0 Å². The molecule has 0 spiro atoms. The first-order valence-electron chi connectivity index (χ1n) is 11.4. The maximum Gasteiger partial charge on any atom is 0.337 e. The fourth-order valence-electron chi connectivity index (χ4n) is 4.47. The largest absolute Gasteiger partial charge is 0.497 e. The van der Waals surface area contributed by atoms with Gasteiger partial charge in [-0.2, -0.15) is 0 Å². The number of rotatable bonds is 7. The number of hydrogen-bond donors (Lipinski definition) is 1. The predicted molar refractivity (Wildman–Crippen MR) is 131 cm³/mol. The molecule has 0 aliphatic carbocycles. The van der Waals surface area contributed by atoms with E-state index in [1.807, 2.05) is 42.5 Å². The van der Waals surface area contributed by atoms with Crippen molar-refractivity contribution in [1.82, 2.24) is 10.2 Å². The zero-order valence-electron chi connectivity index (χ0n) is 19.8. The highest BCUT2D eigenvalue weighted by Gasteiger charge is 2.34. The minimum Gasteiger partial charge on any atom is -0.497 e. The molecule has 3 aromatic carbocycles. The van der Waals surface area contributed by atoms with Crippen molar-refractivity contribution >= 4 is 11.9 Å². The highest BCUT2D eigenvalue weighted by atomic mass is 16.5. The Labute approximate surface area is 200 Å². The van der Waals surface area contributed by atoms with Gasteiger partial charge in [0.05, 0.1) is 25.8 Å². The van der Waals surface area contributed by atoms with E-state index in [1.165, 1.54) is 18.2 Å². The van der Waals surface area contributed by atoms with E-state index in [2.05, 4.69) is 35.3 Å². The fourth-order valence-corrected chi connectivity index (χ4v) is 4.47. The van der Waals surface area contributed by atoms with Gasteiger partial charge in [-0.05, 0) is 59.9 Å². The molecule has 4 rings (SSSR count). The number of carbonyl (C=O) groups is 2. The number of benzene rings is 3. The van der Waals surface area contributed by atoms with Crippen LogP contribution < -0.4 is 10.1 Å². The van der Waals surface area contributed by atoms with Crippen molar-refractivity contribution in [2.24, 2.45) is 0 Å². The zero-order chi connectivity index (χ0) is 24.1. The maximum atomic E-state index is 13.4. The van der Waals surface area contributed by atoms with Gasteiger partial charge in [-0.3, -0.25) is 9.69 Å². The molecule has 1 aliphatic rings. The summed E-state index contributed by atoms with van der Waals surface area (Å²) in [7, 11) is 3.02. The number of nitrogens with one attached hydrogen (secondary N) is 1. The van der Waals surface area contributed by atoms with Gasteiger partial charge in [0.2, 0.25) is 5.91 Å². The van der Waals surface area contributed by atoms with Crippen molar-refractivity contribution in [3.8, 4) is 5.75 Å². The number of hydrogen-bond acceptors (Lipinski definition) is 5. The van der Waals surface area contributed by atoms with Gasteiger partial charge in [-0.1, -0.05) is 48.5 Å². The summed E-state index contributed by atoms with van der Waals surface area (Å²) in [5.41, 5.74) is 4.97. The van der Waals surface area contributed by atoms with Crippen LogP contribution in [0.15, 0.2) is 72.8 Å². The smallest absolute Gasteiger partial charge is 0.337 e. The normalized spacial score (nSPS) is 16.3. The molecule has 6 heteroatoms. The molecule has 34 heavy (non-hydrogen) atoms. The molecule has 6 nitrogen and oxygen atoms in total. The van der Waals surface area contributed by atoms with Gasteiger partial charge < -0.3 is 14.8 Å².